The van der Waals surface area contributed by atoms with Gasteiger partial charge in [-0.2, -0.15) is 0 Å². The van der Waals surface area contributed by atoms with Gasteiger partial charge in [-0.25, -0.2) is 0 Å². The summed E-state index contributed by atoms with van der Waals surface area (Å²) in [6.07, 6.45) is 0.758. The number of amides is 1. The van der Waals surface area contributed by atoms with Gasteiger partial charge in [-0.15, -0.1) is 0 Å². The lowest BCUT2D eigenvalue weighted by atomic mass is 9.98. The van der Waals surface area contributed by atoms with Crippen LogP contribution in [0.15, 0.2) is 51.7 Å². The van der Waals surface area contributed by atoms with Crippen LogP contribution in [0.2, 0.25) is 5.02 Å². The molecule has 0 spiro atoms. The van der Waals surface area contributed by atoms with Gasteiger partial charge < -0.3 is 19.2 Å². The van der Waals surface area contributed by atoms with Gasteiger partial charge in [0.1, 0.15) is 11.3 Å². The fourth-order valence-electron chi connectivity index (χ4n) is 4.52. The lowest BCUT2D eigenvalue weighted by Gasteiger charge is -2.29. The van der Waals surface area contributed by atoms with Crippen molar-refractivity contribution >= 4 is 28.5 Å². The molecule has 1 fully saturated rings. The summed E-state index contributed by atoms with van der Waals surface area (Å²) in [5.41, 5.74) is 1.15. The van der Waals surface area contributed by atoms with Crippen molar-refractivity contribution in [1.82, 2.24) is 9.80 Å². The van der Waals surface area contributed by atoms with E-state index < -0.39 is 6.04 Å². The van der Waals surface area contributed by atoms with Crippen molar-refractivity contribution in [2.45, 2.75) is 12.5 Å². The lowest BCUT2D eigenvalue weighted by Crippen LogP contribution is -2.38. The fourth-order valence-corrected chi connectivity index (χ4v) is 4.69. The molecule has 1 atom stereocenters. The number of carbonyl (C=O) groups excluding carboxylic acids is 1. The van der Waals surface area contributed by atoms with Crippen LogP contribution >= 0.6 is 11.6 Å². The number of fused-ring (bicyclic) bond motifs is 2. The van der Waals surface area contributed by atoms with Crippen LogP contribution < -0.4 is 5.43 Å². The molecule has 0 unspecified atom stereocenters. The Morgan fingerprint density at radius 2 is 1.78 bits per heavy atom. The smallest absolute Gasteiger partial charge is 0.290 e. The number of ether oxygens (including phenoxy) is 1. The Kier molecular flexibility index (Phi) is 5.63. The second-order valence-electron chi connectivity index (χ2n) is 8.11. The molecule has 166 valence electrons. The van der Waals surface area contributed by atoms with Gasteiger partial charge in [0, 0.05) is 31.2 Å². The Morgan fingerprint density at radius 1 is 1.03 bits per heavy atom. The van der Waals surface area contributed by atoms with E-state index >= 15 is 0 Å². The van der Waals surface area contributed by atoms with Gasteiger partial charge in [0.25, 0.3) is 5.91 Å². The standard InChI is InChI=1S/C24H23ClN2O5/c25-16-4-7-19-18(14-16)22(29)20-21(15-2-5-17(28)6-3-15)27(24(30)23(20)32-19)9-1-8-26-10-12-31-13-11-26/h2-7,14,21,28H,1,8-13H2/t21-/m1/s1. The molecule has 0 saturated carbocycles. The molecule has 32 heavy (non-hydrogen) atoms. The molecule has 2 aliphatic heterocycles. The molecule has 7 nitrogen and oxygen atoms in total. The summed E-state index contributed by atoms with van der Waals surface area (Å²) >= 11 is 6.11. The predicted molar refractivity (Wildman–Crippen MR) is 120 cm³/mol. The van der Waals surface area contributed by atoms with Crippen LogP contribution in [0.3, 0.4) is 0 Å². The lowest BCUT2D eigenvalue weighted by molar-refractivity contribution is 0.0353. The SMILES string of the molecule is O=C1c2oc3ccc(Cl)cc3c(=O)c2[C@@H](c2ccc(O)cc2)N1CCCN1CCOCC1. The molecule has 8 heteroatoms. The molecule has 2 aliphatic rings. The quantitative estimate of drug-likeness (QED) is 0.636. The number of morpholine rings is 1. The molecule has 2 aromatic carbocycles. The van der Waals surface area contributed by atoms with E-state index in [0.717, 1.165) is 44.8 Å². The van der Waals surface area contributed by atoms with Crippen molar-refractivity contribution in [3.05, 3.63) is 74.6 Å². The largest absolute Gasteiger partial charge is 0.508 e. The van der Waals surface area contributed by atoms with Crippen molar-refractivity contribution in [2.24, 2.45) is 0 Å². The average Bonchev–Trinajstić information content (AvgIpc) is 3.08. The van der Waals surface area contributed by atoms with Crippen LogP contribution in [-0.4, -0.2) is 60.2 Å². The van der Waals surface area contributed by atoms with Crippen molar-refractivity contribution in [3.63, 3.8) is 0 Å². The zero-order valence-corrected chi connectivity index (χ0v) is 18.2. The third kappa shape index (κ3) is 3.77. The zero-order valence-electron chi connectivity index (χ0n) is 17.4. The number of hydrogen-bond acceptors (Lipinski definition) is 6. The zero-order chi connectivity index (χ0) is 22.2. The van der Waals surface area contributed by atoms with Crippen LogP contribution in [0, 0.1) is 0 Å². The van der Waals surface area contributed by atoms with Crippen molar-refractivity contribution in [1.29, 1.82) is 0 Å². The van der Waals surface area contributed by atoms with Gasteiger partial charge in [0.05, 0.1) is 30.2 Å². The molecule has 1 amide bonds. The van der Waals surface area contributed by atoms with Crippen molar-refractivity contribution in [3.8, 4) is 5.75 Å². The molecule has 1 aromatic heterocycles. The second kappa shape index (κ2) is 8.58. The van der Waals surface area contributed by atoms with Crippen molar-refractivity contribution in [2.75, 3.05) is 39.4 Å². The van der Waals surface area contributed by atoms with Gasteiger partial charge in [-0.05, 0) is 42.3 Å². The first-order chi connectivity index (χ1) is 15.5. The molecule has 0 bridgehead atoms. The van der Waals surface area contributed by atoms with Gasteiger partial charge in [0.15, 0.2) is 5.43 Å². The summed E-state index contributed by atoms with van der Waals surface area (Å²) in [5, 5.41) is 10.5. The molecular weight excluding hydrogens is 432 g/mol. The molecule has 1 N–H and O–H groups in total. The third-order valence-electron chi connectivity index (χ3n) is 6.11. The van der Waals surface area contributed by atoms with E-state index in [1.54, 1.807) is 47.4 Å². The van der Waals surface area contributed by atoms with Crippen LogP contribution in [-0.2, 0) is 4.74 Å². The number of halogens is 1. The maximum Gasteiger partial charge on any atom is 0.290 e. The summed E-state index contributed by atoms with van der Waals surface area (Å²) in [7, 11) is 0. The topological polar surface area (TPSA) is 83.2 Å². The highest BCUT2D eigenvalue weighted by Gasteiger charge is 2.42. The number of rotatable bonds is 5. The number of phenolic OH excluding ortho intramolecular Hbond substituents is 1. The summed E-state index contributed by atoms with van der Waals surface area (Å²) in [5.74, 6) is -0.0993. The van der Waals surface area contributed by atoms with E-state index in [-0.39, 0.29) is 22.8 Å². The first-order valence-corrected chi connectivity index (χ1v) is 11.1. The van der Waals surface area contributed by atoms with E-state index in [1.165, 1.54) is 0 Å². The Hall–Kier alpha value is -2.87. The van der Waals surface area contributed by atoms with Gasteiger partial charge in [0.2, 0.25) is 5.76 Å². The molecule has 0 radical (unpaired) electrons. The minimum atomic E-state index is -0.581. The predicted octanol–water partition coefficient (Wildman–Crippen LogP) is 3.42. The molecule has 3 heterocycles. The number of carbonyl (C=O) groups is 1. The highest BCUT2D eigenvalue weighted by atomic mass is 35.5. The number of phenols is 1. The number of hydrogen-bond donors (Lipinski definition) is 1. The molecule has 3 aromatic rings. The molecule has 5 rings (SSSR count). The number of nitrogens with zero attached hydrogens (tertiary/aromatic N) is 2. The van der Waals surface area contributed by atoms with Crippen LogP contribution in [0.1, 0.15) is 34.1 Å². The fraction of sp³-hybridized carbons (Fsp3) is 0.333. The summed E-state index contributed by atoms with van der Waals surface area (Å²) in [6, 6.07) is 10.8. The summed E-state index contributed by atoms with van der Waals surface area (Å²) < 4.78 is 11.3. The highest BCUT2D eigenvalue weighted by molar-refractivity contribution is 6.31. The number of benzene rings is 2. The van der Waals surface area contributed by atoms with Gasteiger partial charge in [-0.1, -0.05) is 23.7 Å². The Balaban J connectivity index is 1.53. The van der Waals surface area contributed by atoms with E-state index in [1.807, 2.05) is 0 Å². The van der Waals surface area contributed by atoms with Crippen LogP contribution in [0.5, 0.6) is 5.75 Å². The van der Waals surface area contributed by atoms with E-state index in [4.69, 9.17) is 20.8 Å². The van der Waals surface area contributed by atoms with E-state index in [2.05, 4.69) is 4.90 Å². The normalized spacial score (nSPS) is 19.0. The highest BCUT2D eigenvalue weighted by Crippen LogP contribution is 2.38. The molecule has 1 saturated heterocycles. The Morgan fingerprint density at radius 3 is 2.53 bits per heavy atom. The second-order valence-corrected chi connectivity index (χ2v) is 8.55. The first kappa shape index (κ1) is 21.0. The maximum atomic E-state index is 13.5. The monoisotopic (exact) mass is 454 g/mol. The maximum absolute atomic E-state index is 13.5. The van der Waals surface area contributed by atoms with Crippen LogP contribution in [0.25, 0.3) is 11.0 Å². The summed E-state index contributed by atoms with van der Waals surface area (Å²) in [4.78, 5) is 30.9. The average molecular weight is 455 g/mol. The first-order valence-electron chi connectivity index (χ1n) is 10.7. The van der Waals surface area contributed by atoms with Gasteiger partial charge >= 0.3 is 0 Å². The minimum absolute atomic E-state index is 0.0780. The third-order valence-corrected chi connectivity index (χ3v) is 6.35. The Labute approximate surface area is 189 Å². The van der Waals surface area contributed by atoms with E-state index in [0.29, 0.717) is 28.1 Å². The summed E-state index contributed by atoms with van der Waals surface area (Å²) in [6.45, 7) is 4.51. The molecular formula is C24H23ClN2O5. The Bertz CT molecular complexity index is 1220. The number of aromatic hydroxyl groups is 1. The van der Waals surface area contributed by atoms with E-state index in [9.17, 15) is 14.7 Å². The van der Waals surface area contributed by atoms with Crippen LogP contribution in [0.4, 0.5) is 0 Å². The van der Waals surface area contributed by atoms with Crippen molar-refractivity contribution < 1.29 is 19.1 Å². The minimum Gasteiger partial charge on any atom is -0.508 e. The molecule has 0 aliphatic carbocycles. The van der Waals surface area contributed by atoms with Gasteiger partial charge in [-0.3, -0.25) is 14.5 Å².